The summed E-state index contributed by atoms with van der Waals surface area (Å²) < 4.78 is 0. The van der Waals surface area contributed by atoms with Gasteiger partial charge in [0.25, 0.3) is 0 Å². The van der Waals surface area contributed by atoms with Gasteiger partial charge < -0.3 is 10.4 Å². The molecule has 3 heteroatoms. The molecule has 2 aromatic rings. The lowest BCUT2D eigenvalue weighted by Crippen LogP contribution is -2.35. The van der Waals surface area contributed by atoms with Gasteiger partial charge in [0.2, 0.25) is 0 Å². The molecule has 3 nitrogen and oxygen atoms in total. The fraction of sp³-hybridized carbons (Fsp3) is 0.381. The third-order valence-corrected chi connectivity index (χ3v) is 6.49. The van der Waals surface area contributed by atoms with Gasteiger partial charge in [-0.25, -0.2) is 4.79 Å². The number of benzene rings is 2. The van der Waals surface area contributed by atoms with Crippen LogP contribution < -0.4 is 5.32 Å². The Balaban J connectivity index is 1.64. The van der Waals surface area contributed by atoms with Crippen molar-refractivity contribution < 1.29 is 9.90 Å². The average molecular weight is 319 g/mol. The Hall–Kier alpha value is -2.29. The van der Waals surface area contributed by atoms with E-state index in [1.165, 1.54) is 30.4 Å². The van der Waals surface area contributed by atoms with E-state index in [2.05, 4.69) is 35.6 Å². The maximum atomic E-state index is 11.4. The molecule has 0 spiro atoms. The summed E-state index contributed by atoms with van der Waals surface area (Å²) in [5, 5.41) is 13.1. The number of fused-ring (bicyclic) bond motifs is 7. The topological polar surface area (TPSA) is 49.3 Å². The van der Waals surface area contributed by atoms with Gasteiger partial charge in [0.05, 0.1) is 11.6 Å². The van der Waals surface area contributed by atoms with E-state index in [0.717, 1.165) is 17.5 Å². The van der Waals surface area contributed by atoms with E-state index < -0.39 is 5.97 Å². The van der Waals surface area contributed by atoms with Gasteiger partial charge in [-0.2, -0.15) is 0 Å². The molecule has 5 rings (SSSR count). The highest BCUT2D eigenvalue weighted by Gasteiger charge is 2.53. The van der Waals surface area contributed by atoms with Crippen LogP contribution in [-0.4, -0.2) is 11.1 Å². The van der Waals surface area contributed by atoms with E-state index in [-0.39, 0.29) is 0 Å². The molecule has 1 aliphatic heterocycles. The van der Waals surface area contributed by atoms with Crippen LogP contribution in [0, 0.1) is 17.8 Å². The first-order valence-electron chi connectivity index (χ1n) is 8.91. The molecular formula is C21H21NO2. The average Bonchev–Trinajstić information content (AvgIpc) is 3.23. The minimum Gasteiger partial charge on any atom is -0.478 e. The van der Waals surface area contributed by atoms with Gasteiger partial charge in [0, 0.05) is 5.69 Å². The normalized spacial score (nSPS) is 32.8. The molecule has 0 amide bonds. The number of carboxylic acid groups (broad SMARTS) is 1. The van der Waals surface area contributed by atoms with Gasteiger partial charge in [-0.15, -0.1) is 0 Å². The van der Waals surface area contributed by atoms with E-state index in [0.29, 0.717) is 23.4 Å². The Labute approximate surface area is 141 Å². The molecule has 2 bridgehead atoms. The molecule has 2 N–H and O–H groups in total. The van der Waals surface area contributed by atoms with Crippen molar-refractivity contribution in [2.45, 2.75) is 31.2 Å². The number of carboxylic acids is 1. The second-order valence-electron chi connectivity index (χ2n) is 7.58. The molecule has 5 atom stereocenters. The minimum absolute atomic E-state index is 0.342. The molecule has 122 valence electrons. The molecule has 24 heavy (non-hydrogen) atoms. The van der Waals surface area contributed by atoms with Crippen molar-refractivity contribution >= 4 is 11.7 Å². The highest BCUT2D eigenvalue weighted by atomic mass is 16.4. The first-order valence-corrected chi connectivity index (χ1v) is 8.91. The van der Waals surface area contributed by atoms with Crippen LogP contribution in [0.5, 0.6) is 0 Å². The molecule has 3 aliphatic rings. The second kappa shape index (κ2) is 5.10. The monoisotopic (exact) mass is 319 g/mol. The molecule has 0 aromatic heterocycles. The van der Waals surface area contributed by atoms with Crippen LogP contribution in [-0.2, 0) is 0 Å². The predicted molar refractivity (Wildman–Crippen MR) is 93.3 cm³/mol. The van der Waals surface area contributed by atoms with Crippen LogP contribution in [0.1, 0.15) is 52.7 Å². The number of rotatable bonds is 2. The highest BCUT2D eigenvalue weighted by molar-refractivity contribution is 5.88. The summed E-state index contributed by atoms with van der Waals surface area (Å²) in [5.41, 5.74) is 4.13. The lowest BCUT2D eigenvalue weighted by atomic mass is 9.68. The zero-order valence-corrected chi connectivity index (χ0v) is 13.5. The smallest absolute Gasteiger partial charge is 0.335 e. The lowest BCUT2D eigenvalue weighted by Gasteiger charge is -2.43. The first kappa shape index (κ1) is 14.1. The number of anilines is 1. The fourth-order valence-corrected chi connectivity index (χ4v) is 5.61. The number of nitrogens with one attached hydrogen (secondary N) is 1. The van der Waals surface area contributed by atoms with Gasteiger partial charge in [0.15, 0.2) is 0 Å². The molecular weight excluding hydrogens is 298 g/mol. The van der Waals surface area contributed by atoms with Gasteiger partial charge in [-0.1, -0.05) is 30.3 Å². The van der Waals surface area contributed by atoms with Crippen LogP contribution in [0.4, 0.5) is 5.69 Å². The summed E-state index contributed by atoms with van der Waals surface area (Å²) in [7, 11) is 0. The fourth-order valence-electron chi connectivity index (χ4n) is 5.61. The van der Waals surface area contributed by atoms with Crippen molar-refractivity contribution in [3.05, 3.63) is 65.2 Å². The number of hydrogen-bond acceptors (Lipinski definition) is 2. The molecule has 2 fully saturated rings. The van der Waals surface area contributed by atoms with Crippen molar-refractivity contribution in [2.24, 2.45) is 17.8 Å². The molecule has 0 unspecified atom stereocenters. The standard InChI is InChI=1S/C21H21NO2/c23-21(24)15-8-9-17-16(11-15)18-13-6-7-14(10-13)19(18)20(22-17)12-4-2-1-3-5-12/h1-5,8-9,11,13-14,18-20,22H,6-7,10H2,(H,23,24)/t13-,14+,18-,19+,20-/m1/s1. The predicted octanol–water partition coefficient (Wildman–Crippen LogP) is 4.68. The van der Waals surface area contributed by atoms with E-state index >= 15 is 0 Å². The Morgan fingerprint density at radius 1 is 1.04 bits per heavy atom. The van der Waals surface area contributed by atoms with Crippen LogP contribution >= 0.6 is 0 Å². The quantitative estimate of drug-likeness (QED) is 0.845. The van der Waals surface area contributed by atoms with Gasteiger partial charge in [-0.05, 0) is 72.3 Å². The molecule has 2 aliphatic carbocycles. The zero-order chi connectivity index (χ0) is 16.3. The van der Waals surface area contributed by atoms with Gasteiger partial charge >= 0.3 is 5.97 Å². The summed E-state index contributed by atoms with van der Waals surface area (Å²) in [6.45, 7) is 0. The van der Waals surface area contributed by atoms with Crippen molar-refractivity contribution in [1.82, 2.24) is 0 Å². The first-order chi connectivity index (χ1) is 11.7. The van der Waals surface area contributed by atoms with Crippen molar-refractivity contribution in [1.29, 1.82) is 0 Å². The third kappa shape index (κ3) is 1.94. The number of hydrogen-bond donors (Lipinski definition) is 2. The summed E-state index contributed by atoms with van der Waals surface area (Å²) in [4.78, 5) is 11.4. The SMILES string of the molecule is O=C(O)c1ccc2c(c1)[C@H]1[C@@H]3CC[C@@H](C3)[C@@H]1[C@@H](c1ccccc1)N2. The molecule has 0 saturated heterocycles. The maximum absolute atomic E-state index is 11.4. The Kier molecular flexibility index (Phi) is 2.99. The van der Waals surface area contributed by atoms with E-state index in [4.69, 9.17) is 0 Å². The van der Waals surface area contributed by atoms with E-state index in [9.17, 15) is 9.90 Å². The maximum Gasteiger partial charge on any atom is 0.335 e. The zero-order valence-electron chi connectivity index (χ0n) is 13.5. The van der Waals surface area contributed by atoms with Crippen LogP contribution in [0.2, 0.25) is 0 Å². The minimum atomic E-state index is -0.831. The van der Waals surface area contributed by atoms with Crippen molar-refractivity contribution in [3.63, 3.8) is 0 Å². The highest BCUT2D eigenvalue weighted by Crippen LogP contribution is 2.63. The summed E-state index contributed by atoms with van der Waals surface area (Å²) in [5.74, 6) is 1.74. The molecule has 2 aromatic carbocycles. The summed E-state index contributed by atoms with van der Waals surface area (Å²) in [6, 6.07) is 16.7. The Bertz CT molecular complexity index is 801. The van der Waals surface area contributed by atoms with Crippen molar-refractivity contribution in [3.8, 4) is 0 Å². The number of aromatic carboxylic acids is 1. The lowest BCUT2D eigenvalue weighted by molar-refractivity contribution is 0.0696. The van der Waals surface area contributed by atoms with E-state index in [1.54, 1.807) is 6.07 Å². The van der Waals surface area contributed by atoms with Gasteiger partial charge in [0.1, 0.15) is 0 Å². The number of carbonyl (C=O) groups is 1. The summed E-state index contributed by atoms with van der Waals surface area (Å²) in [6.07, 6.45) is 3.92. The molecule has 1 heterocycles. The van der Waals surface area contributed by atoms with Gasteiger partial charge in [-0.3, -0.25) is 0 Å². The van der Waals surface area contributed by atoms with Crippen LogP contribution in [0.3, 0.4) is 0 Å². The summed E-state index contributed by atoms with van der Waals surface area (Å²) >= 11 is 0. The van der Waals surface area contributed by atoms with E-state index in [1.807, 2.05) is 12.1 Å². The third-order valence-electron chi connectivity index (χ3n) is 6.49. The Morgan fingerprint density at radius 3 is 2.62 bits per heavy atom. The van der Waals surface area contributed by atoms with Crippen LogP contribution in [0.25, 0.3) is 0 Å². The van der Waals surface area contributed by atoms with Crippen LogP contribution in [0.15, 0.2) is 48.5 Å². The van der Waals surface area contributed by atoms with Crippen molar-refractivity contribution in [2.75, 3.05) is 5.32 Å². The second-order valence-corrected chi connectivity index (χ2v) is 7.58. The Morgan fingerprint density at radius 2 is 1.83 bits per heavy atom. The largest absolute Gasteiger partial charge is 0.478 e. The molecule has 0 radical (unpaired) electrons. The molecule has 2 saturated carbocycles.